The SMILES string of the molecule is O=C1[C@H]2C=C[C@H]([C@@H]3CC=C[C@@H]32)[C@@]1(O)CCl. The van der Waals surface area contributed by atoms with Crippen molar-refractivity contribution in [2.24, 2.45) is 23.7 Å². The van der Waals surface area contributed by atoms with E-state index in [-0.39, 0.29) is 23.5 Å². The first-order chi connectivity index (χ1) is 7.18. The molecule has 1 saturated carbocycles. The number of hydrogen-bond acceptors (Lipinski definition) is 2. The van der Waals surface area contributed by atoms with Gasteiger partial charge in [0, 0.05) is 11.8 Å². The smallest absolute Gasteiger partial charge is 0.173 e. The Bertz CT molecular complexity index is 374. The Kier molecular flexibility index (Phi) is 1.89. The molecular weight excluding hydrogens is 212 g/mol. The topological polar surface area (TPSA) is 37.3 Å². The fourth-order valence-electron chi connectivity index (χ4n) is 3.36. The van der Waals surface area contributed by atoms with E-state index in [1.165, 1.54) is 0 Å². The predicted octanol–water partition coefficient (Wildman–Crippen LogP) is 1.53. The van der Waals surface area contributed by atoms with Crippen LogP contribution < -0.4 is 0 Å². The van der Waals surface area contributed by atoms with Crippen LogP contribution in [0.25, 0.3) is 0 Å². The molecule has 0 heterocycles. The lowest BCUT2D eigenvalue weighted by molar-refractivity contribution is -0.154. The van der Waals surface area contributed by atoms with E-state index in [0.717, 1.165) is 6.42 Å². The van der Waals surface area contributed by atoms with Crippen molar-refractivity contribution >= 4 is 17.4 Å². The summed E-state index contributed by atoms with van der Waals surface area (Å²) in [4.78, 5) is 12.1. The van der Waals surface area contributed by atoms with Gasteiger partial charge < -0.3 is 5.11 Å². The molecule has 0 spiro atoms. The van der Waals surface area contributed by atoms with Crippen LogP contribution in [0.1, 0.15) is 6.42 Å². The van der Waals surface area contributed by atoms with E-state index in [4.69, 9.17) is 11.6 Å². The van der Waals surface area contributed by atoms with Crippen LogP contribution >= 0.6 is 11.6 Å². The van der Waals surface area contributed by atoms with Gasteiger partial charge in [-0.15, -0.1) is 11.6 Å². The van der Waals surface area contributed by atoms with Crippen LogP contribution in [-0.2, 0) is 4.79 Å². The zero-order valence-electron chi connectivity index (χ0n) is 8.27. The van der Waals surface area contributed by atoms with Gasteiger partial charge in [-0.2, -0.15) is 0 Å². The standard InChI is InChI=1S/C12H13ClO2/c13-6-12(15)10-5-4-9(11(12)14)7-2-1-3-8(7)10/h1-2,4-5,7-10,15H,3,6H2/t7-,8+,9-,10+,12-/m0/s1. The van der Waals surface area contributed by atoms with Gasteiger partial charge in [-0.05, 0) is 18.3 Å². The van der Waals surface area contributed by atoms with Crippen molar-refractivity contribution in [3.8, 4) is 0 Å². The molecule has 0 radical (unpaired) electrons. The molecule has 4 aliphatic carbocycles. The average molecular weight is 225 g/mol. The van der Waals surface area contributed by atoms with Crippen molar-refractivity contribution in [1.29, 1.82) is 0 Å². The summed E-state index contributed by atoms with van der Waals surface area (Å²) in [7, 11) is 0. The van der Waals surface area contributed by atoms with Gasteiger partial charge in [0.2, 0.25) is 0 Å². The van der Waals surface area contributed by atoms with E-state index < -0.39 is 5.60 Å². The largest absolute Gasteiger partial charge is 0.380 e. The van der Waals surface area contributed by atoms with Crippen molar-refractivity contribution < 1.29 is 9.90 Å². The first-order valence-corrected chi connectivity index (χ1v) is 5.89. The van der Waals surface area contributed by atoms with Crippen LogP contribution in [0.3, 0.4) is 0 Å². The van der Waals surface area contributed by atoms with Crippen LogP contribution in [0.4, 0.5) is 0 Å². The molecule has 0 amide bonds. The van der Waals surface area contributed by atoms with E-state index in [1.807, 2.05) is 12.2 Å². The third kappa shape index (κ3) is 1.02. The van der Waals surface area contributed by atoms with E-state index in [0.29, 0.717) is 11.8 Å². The number of halogens is 1. The monoisotopic (exact) mass is 224 g/mol. The predicted molar refractivity (Wildman–Crippen MR) is 57.5 cm³/mol. The van der Waals surface area contributed by atoms with Crippen molar-refractivity contribution in [3.05, 3.63) is 24.3 Å². The van der Waals surface area contributed by atoms with Gasteiger partial charge >= 0.3 is 0 Å². The van der Waals surface area contributed by atoms with Crippen LogP contribution in [-0.4, -0.2) is 22.4 Å². The first kappa shape index (κ1) is 9.61. The molecule has 0 aromatic carbocycles. The zero-order valence-corrected chi connectivity index (χ0v) is 9.02. The molecule has 80 valence electrons. The van der Waals surface area contributed by atoms with E-state index in [9.17, 15) is 9.90 Å². The van der Waals surface area contributed by atoms with E-state index in [1.54, 1.807) is 0 Å². The maximum absolute atomic E-state index is 12.1. The number of alkyl halides is 1. The summed E-state index contributed by atoms with van der Waals surface area (Å²) < 4.78 is 0. The minimum absolute atomic E-state index is 0.0144. The normalized spacial score (nSPS) is 51.2. The number of hydrogen-bond donors (Lipinski definition) is 1. The van der Waals surface area contributed by atoms with Gasteiger partial charge in [0.25, 0.3) is 0 Å². The summed E-state index contributed by atoms with van der Waals surface area (Å²) in [6, 6.07) is 0. The zero-order chi connectivity index (χ0) is 10.6. The van der Waals surface area contributed by atoms with Gasteiger partial charge in [-0.1, -0.05) is 24.3 Å². The second kappa shape index (κ2) is 2.96. The van der Waals surface area contributed by atoms with E-state index in [2.05, 4.69) is 12.2 Å². The Morgan fingerprint density at radius 1 is 1.47 bits per heavy atom. The van der Waals surface area contributed by atoms with Gasteiger partial charge in [-0.25, -0.2) is 0 Å². The van der Waals surface area contributed by atoms with Gasteiger partial charge in [0.05, 0.1) is 5.88 Å². The highest BCUT2D eigenvalue weighted by atomic mass is 35.5. The first-order valence-electron chi connectivity index (χ1n) is 5.36. The maximum Gasteiger partial charge on any atom is 0.173 e. The highest BCUT2D eigenvalue weighted by molar-refractivity contribution is 6.21. The molecule has 0 saturated heterocycles. The molecule has 1 N–H and O–H groups in total. The van der Waals surface area contributed by atoms with E-state index >= 15 is 0 Å². The molecule has 4 aliphatic rings. The number of carbonyl (C=O) groups excluding carboxylic acids is 1. The number of Topliss-reactive ketones (excluding diaryl/α,β-unsaturated/α-hetero) is 1. The molecule has 0 aromatic rings. The molecule has 2 bridgehead atoms. The second-order valence-corrected chi connectivity index (χ2v) is 5.03. The Balaban J connectivity index is 2.08. The Morgan fingerprint density at radius 3 is 3.00 bits per heavy atom. The Hall–Kier alpha value is -0.600. The fourth-order valence-corrected chi connectivity index (χ4v) is 3.67. The van der Waals surface area contributed by atoms with Crippen molar-refractivity contribution in [2.45, 2.75) is 12.0 Å². The number of carbonyl (C=O) groups is 1. The minimum Gasteiger partial charge on any atom is -0.380 e. The molecule has 2 nitrogen and oxygen atoms in total. The van der Waals surface area contributed by atoms with Crippen molar-refractivity contribution in [2.75, 3.05) is 5.88 Å². The maximum atomic E-state index is 12.1. The number of fused-ring (bicyclic) bond motifs is 1. The lowest BCUT2D eigenvalue weighted by atomic mass is 9.56. The van der Waals surface area contributed by atoms with Gasteiger partial charge in [0.15, 0.2) is 5.78 Å². The molecule has 5 atom stereocenters. The Labute approximate surface area is 93.6 Å². The summed E-state index contributed by atoms with van der Waals surface area (Å²) in [6.07, 6.45) is 9.14. The summed E-state index contributed by atoms with van der Waals surface area (Å²) in [5, 5.41) is 10.3. The van der Waals surface area contributed by atoms with Crippen LogP contribution in [0.15, 0.2) is 24.3 Å². The lowest BCUT2D eigenvalue weighted by Gasteiger charge is -2.49. The Morgan fingerprint density at radius 2 is 2.27 bits per heavy atom. The number of ketones is 1. The van der Waals surface area contributed by atoms with Crippen molar-refractivity contribution in [3.63, 3.8) is 0 Å². The summed E-state index contributed by atoms with van der Waals surface area (Å²) >= 11 is 5.78. The molecule has 0 unspecified atom stereocenters. The van der Waals surface area contributed by atoms with Gasteiger partial charge in [-0.3, -0.25) is 4.79 Å². The van der Waals surface area contributed by atoms with Gasteiger partial charge in [0.1, 0.15) is 5.60 Å². The number of rotatable bonds is 1. The van der Waals surface area contributed by atoms with Crippen molar-refractivity contribution in [1.82, 2.24) is 0 Å². The quantitative estimate of drug-likeness (QED) is 0.542. The number of allylic oxidation sites excluding steroid dienone is 3. The molecule has 1 fully saturated rings. The number of aliphatic hydroxyl groups is 1. The summed E-state index contributed by atoms with van der Waals surface area (Å²) in [5.74, 6) is 0.367. The molecule has 0 aromatic heterocycles. The fraction of sp³-hybridized carbons (Fsp3) is 0.583. The highest BCUT2D eigenvalue weighted by Gasteiger charge is 2.58. The van der Waals surface area contributed by atoms with Crippen LogP contribution in [0, 0.1) is 23.7 Å². The summed E-state index contributed by atoms with van der Waals surface area (Å²) in [5.41, 5.74) is -1.31. The average Bonchev–Trinajstić information content (AvgIpc) is 2.73. The third-order valence-corrected chi connectivity index (χ3v) is 4.55. The minimum atomic E-state index is -1.31. The molecular formula is C12H13ClO2. The van der Waals surface area contributed by atoms with Crippen LogP contribution in [0.5, 0.6) is 0 Å². The molecule has 4 rings (SSSR count). The molecule has 0 aliphatic heterocycles. The second-order valence-electron chi connectivity index (χ2n) is 4.76. The third-order valence-electron chi connectivity index (χ3n) is 4.15. The van der Waals surface area contributed by atoms with Crippen LogP contribution in [0.2, 0.25) is 0 Å². The molecule has 3 heteroatoms. The molecule has 15 heavy (non-hydrogen) atoms. The lowest BCUT2D eigenvalue weighted by Crippen LogP contribution is -2.60. The highest BCUT2D eigenvalue weighted by Crippen LogP contribution is 2.52. The summed E-state index contributed by atoms with van der Waals surface area (Å²) in [6.45, 7) is 0.